The van der Waals surface area contributed by atoms with Crippen LogP contribution in [-0.2, 0) is 4.79 Å². The molecule has 0 unspecified atom stereocenters. The van der Waals surface area contributed by atoms with Crippen molar-refractivity contribution in [3.63, 3.8) is 0 Å². The van der Waals surface area contributed by atoms with Crippen LogP contribution in [0.3, 0.4) is 0 Å². The predicted molar refractivity (Wildman–Crippen MR) is 98.2 cm³/mol. The minimum Gasteiger partial charge on any atom is -0.343 e. The van der Waals surface area contributed by atoms with Gasteiger partial charge in [0.15, 0.2) is 0 Å². The van der Waals surface area contributed by atoms with E-state index in [-0.39, 0.29) is 5.56 Å². The first-order valence-electron chi connectivity index (χ1n) is 8.26. The van der Waals surface area contributed by atoms with E-state index in [0.29, 0.717) is 22.4 Å². The number of carbonyl (C=O) groups excluding carboxylic acids is 2. The lowest BCUT2D eigenvalue weighted by Crippen LogP contribution is -2.33. The third-order valence-electron chi connectivity index (χ3n) is 3.85. The molecule has 0 heterocycles. The van der Waals surface area contributed by atoms with Crippen LogP contribution in [0.4, 0.5) is 23.2 Å². The van der Waals surface area contributed by atoms with Gasteiger partial charge in [-0.05, 0) is 54.8 Å². The van der Waals surface area contributed by atoms with Gasteiger partial charge in [-0.3, -0.25) is 9.59 Å². The van der Waals surface area contributed by atoms with E-state index >= 15 is 0 Å². The number of allylic oxidation sites excluding steroid dienone is 1. The van der Waals surface area contributed by atoms with Crippen molar-refractivity contribution in [2.75, 3.05) is 11.9 Å². The zero-order valence-corrected chi connectivity index (χ0v) is 15.2. The summed E-state index contributed by atoms with van der Waals surface area (Å²) in [4.78, 5) is 24.1. The second-order valence-electron chi connectivity index (χ2n) is 6.15. The molecule has 28 heavy (non-hydrogen) atoms. The fraction of sp³-hybridized carbons (Fsp3) is 0.200. The maximum atomic E-state index is 13.0. The number of rotatable bonds is 5. The van der Waals surface area contributed by atoms with Gasteiger partial charge in [-0.25, -0.2) is 4.39 Å². The Morgan fingerprint density at radius 3 is 2.25 bits per heavy atom. The highest BCUT2D eigenvalue weighted by atomic mass is 19.4. The van der Waals surface area contributed by atoms with E-state index < -0.39 is 30.4 Å². The predicted octanol–water partition coefficient (Wildman–Crippen LogP) is 4.47. The van der Waals surface area contributed by atoms with Crippen LogP contribution >= 0.6 is 0 Å². The lowest BCUT2D eigenvalue weighted by atomic mass is 10.1. The Hall–Kier alpha value is -3.16. The van der Waals surface area contributed by atoms with Crippen LogP contribution in [-0.4, -0.2) is 24.5 Å². The van der Waals surface area contributed by atoms with Crippen LogP contribution < -0.4 is 10.6 Å². The van der Waals surface area contributed by atoms with E-state index in [1.165, 1.54) is 48.5 Å². The van der Waals surface area contributed by atoms with Crippen LogP contribution in [0, 0.1) is 12.7 Å². The molecule has 0 aliphatic rings. The SMILES string of the molecule is C/C(=C/C(=O)Nc1cc(C(=O)NCC(F)(F)F)ccc1C)c1ccc(F)cc1. The van der Waals surface area contributed by atoms with Crippen molar-refractivity contribution in [2.45, 2.75) is 20.0 Å². The molecule has 0 aromatic heterocycles. The third-order valence-corrected chi connectivity index (χ3v) is 3.85. The third kappa shape index (κ3) is 6.22. The molecule has 148 valence electrons. The lowest BCUT2D eigenvalue weighted by Gasteiger charge is -2.11. The monoisotopic (exact) mass is 394 g/mol. The van der Waals surface area contributed by atoms with Crippen LogP contribution in [0.2, 0.25) is 0 Å². The Morgan fingerprint density at radius 1 is 1.04 bits per heavy atom. The average Bonchev–Trinajstić information content (AvgIpc) is 2.61. The number of alkyl halides is 3. The minimum absolute atomic E-state index is 0.00983. The summed E-state index contributed by atoms with van der Waals surface area (Å²) in [6.45, 7) is 1.92. The number of halogens is 4. The molecular formula is C20H18F4N2O2. The molecule has 0 atom stereocenters. The highest BCUT2D eigenvalue weighted by molar-refractivity contribution is 6.05. The summed E-state index contributed by atoms with van der Waals surface area (Å²) >= 11 is 0. The largest absolute Gasteiger partial charge is 0.405 e. The summed E-state index contributed by atoms with van der Waals surface area (Å²) in [5, 5.41) is 4.38. The van der Waals surface area contributed by atoms with Crippen LogP contribution in [0.1, 0.15) is 28.4 Å². The maximum absolute atomic E-state index is 13.0. The van der Waals surface area contributed by atoms with Gasteiger partial charge >= 0.3 is 6.18 Å². The van der Waals surface area contributed by atoms with Crippen molar-refractivity contribution in [3.05, 3.63) is 71.0 Å². The average molecular weight is 394 g/mol. The molecule has 0 saturated heterocycles. The van der Waals surface area contributed by atoms with E-state index in [1.54, 1.807) is 19.2 Å². The molecule has 0 aliphatic heterocycles. The Balaban J connectivity index is 2.12. The number of benzene rings is 2. The number of carbonyl (C=O) groups is 2. The van der Waals surface area contributed by atoms with Gasteiger partial charge < -0.3 is 10.6 Å². The molecule has 2 aromatic carbocycles. The quantitative estimate of drug-likeness (QED) is 0.581. The molecule has 0 fully saturated rings. The number of hydrogen-bond donors (Lipinski definition) is 2. The molecule has 2 amide bonds. The second-order valence-corrected chi connectivity index (χ2v) is 6.15. The molecule has 2 rings (SSSR count). The zero-order valence-electron chi connectivity index (χ0n) is 15.2. The van der Waals surface area contributed by atoms with Crippen molar-refractivity contribution >= 4 is 23.1 Å². The smallest absolute Gasteiger partial charge is 0.343 e. The fourth-order valence-corrected chi connectivity index (χ4v) is 2.34. The van der Waals surface area contributed by atoms with E-state index in [4.69, 9.17) is 0 Å². The Labute approximate surface area is 159 Å². The molecular weight excluding hydrogens is 376 g/mol. The molecule has 2 N–H and O–H groups in total. The molecule has 0 bridgehead atoms. The summed E-state index contributed by atoms with van der Waals surface area (Å²) in [7, 11) is 0. The molecule has 0 saturated carbocycles. The summed E-state index contributed by atoms with van der Waals surface area (Å²) < 4.78 is 49.7. The summed E-state index contributed by atoms with van der Waals surface area (Å²) in [5.41, 5.74) is 2.17. The van der Waals surface area contributed by atoms with Gasteiger partial charge in [-0.15, -0.1) is 0 Å². The number of anilines is 1. The summed E-state index contributed by atoms with van der Waals surface area (Å²) in [6, 6.07) is 9.82. The van der Waals surface area contributed by atoms with Gasteiger partial charge in [-0.1, -0.05) is 18.2 Å². The highest BCUT2D eigenvalue weighted by Gasteiger charge is 2.28. The van der Waals surface area contributed by atoms with Gasteiger partial charge in [0.1, 0.15) is 12.4 Å². The Kier molecular flexibility index (Phi) is 6.56. The number of nitrogens with one attached hydrogen (secondary N) is 2. The van der Waals surface area contributed by atoms with Crippen LogP contribution in [0.15, 0.2) is 48.5 Å². The van der Waals surface area contributed by atoms with Gasteiger partial charge in [0.2, 0.25) is 5.91 Å². The van der Waals surface area contributed by atoms with E-state index in [0.717, 1.165) is 0 Å². The van der Waals surface area contributed by atoms with Crippen molar-refractivity contribution in [2.24, 2.45) is 0 Å². The van der Waals surface area contributed by atoms with E-state index in [1.807, 2.05) is 0 Å². The molecule has 8 heteroatoms. The normalized spacial score (nSPS) is 11.9. The standard InChI is InChI=1S/C20H18F4N2O2/c1-12-3-4-15(19(28)25-11-20(22,23)24)10-17(12)26-18(27)9-13(2)14-5-7-16(21)8-6-14/h3-10H,11H2,1-2H3,(H,25,28)(H,26,27)/b13-9-. The molecule has 2 aromatic rings. The van der Waals surface area contributed by atoms with Crippen LogP contribution in [0.5, 0.6) is 0 Å². The van der Waals surface area contributed by atoms with E-state index in [9.17, 15) is 27.2 Å². The topological polar surface area (TPSA) is 58.2 Å². The van der Waals surface area contributed by atoms with Crippen molar-refractivity contribution in [1.29, 1.82) is 0 Å². The van der Waals surface area contributed by atoms with Gasteiger partial charge in [0.05, 0.1) is 0 Å². The van der Waals surface area contributed by atoms with Gasteiger partial charge in [0, 0.05) is 17.3 Å². The van der Waals surface area contributed by atoms with Crippen molar-refractivity contribution < 1.29 is 27.2 Å². The number of hydrogen-bond acceptors (Lipinski definition) is 2. The number of amides is 2. The van der Waals surface area contributed by atoms with Crippen molar-refractivity contribution in [1.82, 2.24) is 5.32 Å². The molecule has 4 nitrogen and oxygen atoms in total. The van der Waals surface area contributed by atoms with Gasteiger partial charge in [0.25, 0.3) is 5.91 Å². The zero-order chi connectivity index (χ0) is 20.9. The summed E-state index contributed by atoms with van der Waals surface area (Å²) in [6.07, 6.45) is -3.21. The lowest BCUT2D eigenvalue weighted by molar-refractivity contribution is -0.123. The first-order valence-corrected chi connectivity index (χ1v) is 8.26. The van der Waals surface area contributed by atoms with Gasteiger partial charge in [-0.2, -0.15) is 13.2 Å². The highest BCUT2D eigenvalue weighted by Crippen LogP contribution is 2.19. The number of aryl methyl sites for hydroxylation is 1. The first-order chi connectivity index (χ1) is 13.0. The van der Waals surface area contributed by atoms with Crippen LogP contribution in [0.25, 0.3) is 5.57 Å². The minimum atomic E-state index is -4.51. The molecule has 0 spiro atoms. The van der Waals surface area contributed by atoms with Crippen molar-refractivity contribution in [3.8, 4) is 0 Å². The molecule has 0 aliphatic carbocycles. The first kappa shape index (κ1) is 21.1. The summed E-state index contributed by atoms with van der Waals surface area (Å²) in [5.74, 6) is -1.78. The Bertz CT molecular complexity index is 903. The molecule has 0 radical (unpaired) electrons. The second kappa shape index (κ2) is 8.69. The Morgan fingerprint density at radius 2 is 1.64 bits per heavy atom. The maximum Gasteiger partial charge on any atom is 0.405 e. The fourth-order valence-electron chi connectivity index (χ4n) is 2.34. The van der Waals surface area contributed by atoms with E-state index in [2.05, 4.69) is 5.32 Å².